The zero-order valence-corrected chi connectivity index (χ0v) is 20.2. The van der Waals surface area contributed by atoms with Crippen LogP contribution >= 0.6 is 8.25 Å². The molecule has 2 rings (SSSR count). The fourth-order valence-corrected chi connectivity index (χ4v) is 3.81. The summed E-state index contributed by atoms with van der Waals surface area (Å²) in [5, 5.41) is 3.35. The molecule has 2 aromatic rings. The summed E-state index contributed by atoms with van der Waals surface area (Å²) in [5.41, 5.74) is 3.20. The third-order valence-electron chi connectivity index (χ3n) is 5.19. The summed E-state index contributed by atoms with van der Waals surface area (Å²) >= 11 is 0. The first-order valence-electron chi connectivity index (χ1n) is 11.5. The molecule has 2 N–H and O–H groups in total. The second-order valence-corrected chi connectivity index (χ2v) is 8.49. The number of methoxy groups -OCH3 is 1. The van der Waals surface area contributed by atoms with Gasteiger partial charge in [0.15, 0.2) is 11.5 Å². The fraction of sp³-hybridized carbons (Fsp3) is 0.520. The minimum absolute atomic E-state index is 0.252. The van der Waals surface area contributed by atoms with E-state index in [0.717, 1.165) is 34.6 Å². The number of hydrogen-bond donors (Lipinski definition) is 2. The lowest BCUT2D eigenvalue weighted by molar-refractivity contribution is 0.276. The number of nitrogens with one attached hydrogen (secondary N) is 1. The Kier molecular flexibility index (Phi) is 12.9. The molecule has 7 heteroatoms. The molecule has 1 atom stereocenters. The zero-order chi connectivity index (χ0) is 23.0. The molecule has 32 heavy (non-hydrogen) atoms. The Balaban J connectivity index is 2.04. The molecule has 0 bridgehead atoms. The highest BCUT2D eigenvalue weighted by Gasteiger charge is 2.15. The summed E-state index contributed by atoms with van der Waals surface area (Å²) in [6.07, 6.45) is 7.98. The molecule has 0 radical (unpaired) electrons. The monoisotopic (exact) mass is 462 g/mol. The van der Waals surface area contributed by atoms with E-state index in [1.807, 2.05) is 24.3 Å². The average molecular weight is 463 g/mol. The van der Waals surface area contributed by atoms with Crippen LogP contribution < -0.4 is 14.8 Å². The van der Waals surface area contributed by atoms with Crippen LogP contribution in [0.3, 0.4) is 0 Å². The van der Waals surface area contributed by atoms with E-state index in [-0.39, 0.29) is 6.61 Å². The summed E-state index contributed by atoms with van der Waals surface area (Å²) in [6, 6.07) is 14.4. The SMILES string of the molecule is CCCCCCCCOc1c(OC)cc(CNCCCO[P+](=O)O)cc1-c1ccccc1. The van der Waals surface area contributed by atoms with Crippen molar-refractivity contribution in [2.45, 2.75) is 58.4 Å². The Morgan fingerprint density at radius 1 is 0.969 bits per heavy atom. The normalized spacial score (nSPS) is 11.4. The molecule has 0 saturated carbocycles. The number of rotatable bonds is 17. The van der Waals surface area contributed by atoms with E-state index >= 15 is 0 Å². The van der Waals surface area contributed by atoms with Gasteiger partial charge in [0, 0.05) is 16.7 Å². The molecule has 176 valence electrons. The van der Waals surface area contributed by atoms with E-state index < -0.39 is 8.25 Å². The second kappa shape index (κ2) is 15.8. The Hall–Kier alpha value is -1.98. The van der Waals surface area contributed by atoms with Crippen LogP contribution in [0.5, 0.6) is 11.5 Å². The van der Waals surface area contributed by atoms with Gasteiger partial charge in [0.05, 0.1) is 13.7 Å². The van der Waals surface area contributed by atoms with Crippen LogP contribution in [0, 0.1) is 0 Å². The molecule has 0 saturated heterocycles. The van der Waals surface area contributed by atoms with E-state index in [1.54, 1.807) is 7.11 Å². The molecule has 0 aliphatic rings. The van der Waals surface area contributed by atoms with Gasteiger partial charge in [-0.3, -0.25) is 0 Å². The van der Waals surface area contributed by atoms with E-state index in [4.69, 9.17) is 14.4 Å². The number of hydrogen-bond acceptors (Lipinski definition) is 5. The van der Waals surface area contributed by atoms with Gasteiger partial charge in [-0.2, -0.15) is 0 Å². The molecular weight excluding hydrogens is 425 g/mol. The highest BCUT2D eigenvalue weighted by molar-refractivity contribution is 7.32. The summed E-state index contributed by atoms with van der Waals surface area (Å²) in [5.74, 6) is 1.52. The highest BCUT2D eigenvalue weighted by Crippen LogP contribution is 2.39. The topological polar surface area (TPSA) is 77.0 Å². The zero-order valence-electron chi connectivity index (χ0n) is 19.3. The summed E-state index contributed by atoms with van der Waals surface area (Å²) in [6.45, 7) is 4.49. The van der Waals surface area contributed by atoms with Crippen LogP contribution in [-0.4, -0.2) is 31.8 Å². The molecule has 2 aromatic carbocycles. The largest absolute Gasteiger partial charge is 0.694 e. The molecule has 1 unspecified atom stereocenters. The smallest absolute Gasteiger partial charge is 0.493 e. The van der Waals surface area contributed by atoms with Gasteiger partial charge in [0.1, 0.15) is 6.61 Å². The van der Waals surface area contributed by atoms with E-state index in [9.17, 15) is 4.57 Å². The summed E-state index contributed by atoms with van der Waals surface area (Å²) in [7, 11) is -0.852. The average Bonchev–Trinajstić information content (AvgIpc) is 2.81. The van der Waals surface area contributed by atoms with E-state index in [1.165, 1.54) is 32.1 Å². The lowest BCUT2D eigenvalue weighted by Crippen LogP contribution is -2.16. The van der Waals surface area contributed by atoms with Crippen LogP contribution in [0.1, 0.15) is 57.4 Å². The molecule has 0 heterocycles. The van der Waals surface area contributed by atoms with Crippen molar-refractivity contribution in [1.29, 1.82) is 0 Å². The molecule has 6 nitrogen and oxygen atoms in total. The van der Waals surface area contributed by atoms with Crippen LogP contribution in [-0.2, 0) is 15.6 Å². The van der Waals surface area contributed by atoms with Gasteiger partial charge >= 0.3 is 8.25 Å². The standard InChI is InChI=1S/C25H36NO5P/c1-3-4-5-6-7-11-16-30-25-23(22-13-9-8-10-14-22)18-21(19-24(25)29-2)20-26-15-12-17-31-32(27)28/h8-10,13-14,18-19,26H,3-7,11-12,15-17,20H2,1-2H3/p+1. The minimum Gasteiger partial charge on any atom is -0.493 e. The number of unbranched alkanes of at least 4 members (excludes halogenated alkanes) is 5. The lowest BCUT2D eigenvalue weighted by Gasteiger charge is -2.18. The maximum Gasteiger partial charge on any atom is 0.694 e. The predicted molar refractivity (Wildman–Crippen MR) is 129 cm³/mol. The van der Waals surface area contributed by atoms with Gasteiger partial charge in [-0.05, 0) is 42.6 Å². The van der Waals surface area contributed by atoms with Gasteiger partial charge in [-0.25, -0.2) is 0 Å². The van der Waals surface area contributed by atoms with Crippen molar-refractivity contribution in [2.75, 3.05) is 26.9 Å². The molecule has 0 aliphatic carbocycles. The van der Waals surface area contributed by atoms with Crippen LogP contribution in [0.4, 0.5) is 0 Å². The first-order chi connectivity index (χ1) is 15.7. The molecular formula is C25H37NO5P+. The van der Waals surface area contributed by atoms with E-state index in [2.05, 4.69) is 35.0 Å². The maximum absolute atomic E-state index is 10.6. The summed E-state index contributed by atoms with van der Waals surface area (Å²) < 4.78 is 27.2. The number of ether oxygens (including phenoxy) is 2. The van der Waals surface area contributed by atoms with Crippen molar-refractivity contribution in [3.8, 4) is 22.6 Å². The first kappa shape index (κ1) is 26.3. The molecule has 0 aromatic heterocycles. The van der Waals surface area contributed by atoms with Gasteiger partial charge in [-0.1, -0.05) is 69.4 Å². The fourth-order valence-electron chi connectivity index (χ4n) is 3.52. The number of benzene rings is 2. The molecule has 0 amide bonds. The van der Waals surface area contributed by atoms with Gasteiger partial charge < -0.3 is 14.8 Å². The summed E-state index contributed by atoms with van der Waals surface area (Å²) in [4.78, 5) is 8.68. The Bertz CT molecular complexity index is 800. The minimum atomic E-state index is -2.52. The van der Waals surface area contributed by atoms with Crippen molar-refractivity contribution in [1.82, 2.24) is 5.32 Å². The van der Waals surface area contributed by atoms with Crippen molar-refractivity contribution >= 4 is 8.25 Å². The second-order valence-electron chi connectivity index (χ2n) is 7.76. The van der Waals surface area contributed by atoms with Gasteiger partial charge in [0.25, 0.3) is 0 Å². The molecule has 0 fully saturated rings. The van der Waals surface area contributed by atoms with Crippen LogP contribution in [0.25, 0.3) is 11.1 Å². The maximum atomic E-state index is 10.6. The Labute approximate surface area is 193 Å². The van der Waals surface area contributed by atoms with Crippen LogP contribution in [0.2, 0.25) is 0 Å². The first-order valence-corrected chi connectivity index (χ1v) is 12.7. The van der Waals surface area contributed by atoms with Crippen molar-refractivity contribution in [2.24, 2.45) is 0 Å². The molecule has 0 aliphatic heterocycles. The quantitative estimate of drug-likeness (QED) is 0.214. The third kappa shape index (κ3) is 9.66. The molecule has 0 spiro atoms. The predicted octanol–water partition coefficient (Wildman–Crippen LogP) is 6.25. The third-order valence-corrected chi connectivity index (χ3v) is 5.60. The van der Waals surface area contributed by atoms with Crippen LogP contribution in [0.15, 0.2) is 42.5 Å². The van der Waals surface area contributed by atoms with Gasteiger partial charge in [-0.15, -0.1) is 9.42 Å². The van der Waals surface area contributed by atoms with E-state index in [0.29, 0.717) is 26.1 Å². The van der Waals surface area contributed by atoms with Crippen molar-refractivity contribution in [3.05, 3.63) is 48.0 Å². The van der Waals surface area contributed by atoms with Gasteiger partial charge in [0.2, 0.25) is 0 Å². The van der Waals surface area contributed by atoms with Crippen molar-refractivity contribution in [3.63, 3.8) is 0 Å². The lowest BCUT2D eigenvalue weighted by atomic mass is 10.0. The Morgan fingerprint density at radius 2 is 1.72 bits per heavy atom. The Morgan fingerprint density at radius 3 is 2.44 bits per heavy atom. The van der Waals surface area contributed by atoms with Crippen molar-refractivity contribution < 1.29 is 23.5 Å². The highest BCUT2D eigenvalue weighted by atomic mass is 31.1.